The number of rotatable bonds is 5. The lowest BCUT2D eigenvalue weighted by Gasteiger charge is -2.45. The smallest absolute Gasteiger partial charge is 0.326 e. The van der Waals surface area contributed by atoms with Gasteiger partial charge in [0.15, 0.2) is 0 Å². The molecule has 1 aliphatic carbocycles. The average Bonchev–Trinajstić information content (AvgIpc) is 3.44. The number of anilines is 1. The molecule has 182 valence electrons. The maximum Gasteiger partial charge on any atom is 0.326 e. The van der Waals surface area contributed by atoms with E-state index in [4.69, 9.17) is 10.5 Å². The Balaban J connectivity index is 1.23. The number of thioether (sulfide) groups is 1. The molecule has 0 spiro atoms. The number of ether oxygens (including phenoxy) is 1. The van der Waals surface area contributed by atoms with Crippen molar-refractivity contribution >= 4 is 29.4 Å². The minimum absolute atomic E-state index is 0.00463. The molecule has 6 rings (SSSR count). The molecule has 0 radical (unpaired) electrons. The first kappa shape index (κ1) is 22.5. The van der Waals surface area contributed by atoms with Crippen molar-refractivity contribution in [3.8, 4) is 11.5 Å². The van der Waals surface area contributed by atoms with Gasteiger partial charge in [0.05, 0.1) is 16.3 Å². The van der Waals surface area contributed by atoms with E-state index >= 15 is 0 Å². The monoisotopic (exact) mass is 491 g/mol. The van der Waals surface area contributed by atoms with Gasteiger partial charge in [0, 0.05) is 29.4 Å². The van der Waals surface area contributed by atoms with E-state index in [1.54, 1.807) is 0 Å². The molecule has 0 aromatic heterocycles. The number of para-hydroxylation sites is 1. The molecular formula is C26H29N5O3S. The van der Waals surface area contributed by atoms with E-state index < -0.39 is 0 Å². The molecule has 2 saturated heterocycles. The van der Waals surface area contributed by atoms with Crippen molar-refractivity contribution in [3.63, 3.8) is 0 Å². The van der Waals surface area contributed by atoms with Gasteiger partial charge < -0.3 is 26.4 Å². The number of amides is 3. The number of nitrogens with two attached hydrogens (primary N) is 1. The fourth-order valence-electron chi connectivity index (χ4n) is 5.62. The summed E-state index contributed by atoms with van der Waals surface area (Å²) in [5, 5.41) is 9.76. The molecule has 3 heterocycles. The first-order chi connectivity index (χ1) is 17.1. The Labute approximate surface area is 208 Å². The predicted octanol–water partition coefficient (Wildman–Crippen LogP) is 3.27. The number of piperidine rings is 1. The van der Waals surface area contributed by atoms with E-state index in [-0.39, 0.29) is 41.4 Å². The Bertz CT molecular complexity index is 1160. The van der Waals surface area contributed by atoms with Crippen LogP contribution >= 0.6 is 11.8 Å². The number of nitrogens with one attached hydrogen (secondary N) is 3. The number of carbonyl (C=O) groups is 2. The average molecular weight is 492 g/mol. The van der Waals surface area contributed by atoms with Crippen LogP contribution in [-0.4, -0.2) is 42.0 Å². The highest BCUT2D eigenvalue weighted by Crippen LogP contribution is 2.48. The number of nitrogens with zero attached hydrogens (tertiary/aromatic N) is 1. The van der Waals surface area contributed by atoms with Crippen LogP contribution in [-0.2, 0) is 4.79 Å². The number of carbonyl (C=O) groups excluding carboxylic acids is 2. The number of urea groups is 1. The highest BCUT2D eigenvalue weighted by Gasteiger charge is 2.51. The minimum atomic E-state index is -0.205. The van der Waals surface area contributed by atoms with Gasteiger partial charge in [-0.05, 0) is 68.6 Å². The molecule has 3 aliphatic heterocycles. The third-order valence-electron chi connectivity index (χ3n) is 7.33. The fourth-order valence-corrected chi connectivity index (χ4v) is 7.02. The summed E-state index contributed by atoms with van der Waals surface area (Å²) in [6.07, 6.45) is 3.67. The lowest BCUT2D eigenvalue weighted by Crippen LogP contribution is -2.62. The number of benzene rings is 2. The first-order valence-corrected chi connectivity index (χ1v) is 13.1. The molecule has 3 amide bonds. The summed E-state index contributed by atoms with van der Waals surface area (Å²) >= 11 is 1.52. The second-order valence-corrected chi connectivity index (χ2v) is 10.7. The van der Waals surface area contributed by atoms with Gasteiger partial charge in [0.2, 0.25) is 0 Å². The van der Waals surface area contributed by atoms with E-state index in [9.17, 15) is 9.59 Å². The van der Waals surface area contributed by atoms with Crippen LogP contribution in [0.5, 0.6) is 11.5 Å². The first-order valence-electron chi connectivity index (χ1n) is 12.2. The van der Waals surface area contributed by atoms with Crippen molar-refractivity contribution in [2.45, 2.75) is 49.2 Å². The zero-order valence-corrected chi connectivity index (χ0v) is 20.1. The van der Waals surface area contributed by atoms with E-state index in [0.29, 0.717) is 10.7 Å². The molecule has 5 N–H and O–H groups in total. The Morgan fingerprint density at radius 3 is 2.57 bits per heavy atom. The summed E-state index contributed by atoms with van der Waals surface area (Å²) in [5.41, 5.74) is 7.72. The Morgan fingerprint density at radius 2 is 1.83 bits per heavy atom. The van der Waals surface area contributed by atoms with Crippen LogP contribution in [0.2, 0.25) is 0 Å². The van der Waals surface area contributed by atoms with Gasteiger partial charge in [-0.3, -0.25) is 9.69 Å². The molecule has 3 fully saturated rings. The molecule has 0 bridgehead atoms. The topological polar surface area (TPSA) is 109 Å². The minimum Gasteiger partial charge on any atom is -0.457 e. The lowest BCUT2D eigenvalue weighted by atomic mass is 9.86. The van der Waals surface area contributed by atoms with Gasteiger partial charge in [0.25, 0.3) is 5.91 Å². The van der Waals surface area contributed by atoms with Gasteiger partial charge >= 0.3 is 6.03 Å². The molecule has 2 aromatic carbocycles. The van der Waals surface area contributed by atoms with Crippen molar-refractivity contribution in [1.29, 1.82) is 0 Å². The summed E-state index contributed by atoms with van der Waals surface area (Å²) in [4.78, 5) is 29.0. The van der Waals surface area contributed by atoms with E-state index in [0.717, 1.165) is 49.4 Å². The van der Waals surface area contributed by atoms with Crippen LogP contribution in [0.4, 0.5) is 10.5 Å². The molecule has 5 atom stereocenters. The van der Waals surface area contributed by atoms with Gasteiger partial charge in [-0.25, -0.2) is 4.79 Å². The SMILES string of the molecule is N[C@H]1CCC[C@H]1NC(=O)C1=C2NC(=O)N(c3ccc(Oc4ccccc4)cc3)C3CCNC(S1)C23. The van der Waals surface area contributed by atoms with Crippen LogP contribution in [0, 0.1) is 5.92 Å². The molecule has 2 aromatic rings. The molecule has 3 unspecified atom stereocenters. The molecule has 9 heteroatoms. The molecule has 4 aliphatic rings. The third-order valence-corrected chi connectivity index (χ3v) is 8.68. The highest BCUT2D eigenvalue weighted by molar-refractivity contribution is 8.04. The van der Waals surface area contributed by atoms with Gasteiger partial charge in [0.1, 0.15) is 11.5 Å². The highest BCUT2D eigenvalue weighted by atomic mass is 32.2. The summed E-state index contributed by atoms with van der Waals surface area (Å²) < 4.78 is 5.91. The normalized spacial score (nSPS) is 29.6. The third kappa shape index (κ3) is 4.17. The maximum absolute atomic E-state index is 13.3. The standard InChI is InChI=1S/C26H29N5O3S/c27-18-7-4-8-19(18)29-24(32)23-22-21-20(13-14-28-25(21)35-23)31(26(33)30-22)15-9-11-17(12-10-15)34-16-5-2-1-3-6-16/h1-3,5-6,9-12,18-21,25,28H,4,7-8,13-14,27H2,(H,29,32)(H,30,33)/t18-,19+,20?,21?,25?/m0/s1. The van der Waals surface area contributed by atoms with Gasteiger partial charge in [-0.15, -0.1) is 0 Å². The van der Waals surface area contributed by atoms with Crippen LogP contribution in [0.1, 0.15) is 25.7 Å². The number of hydrogen-bond acceptors (Lipinski definition) is 6. The van der Waals surface area contributed by atoms with E-state index in [2.05, 4.69) is 16.0 Å². The van der Waals surface area contributed by atoms with Crippen LogP contribution in [0.3, 0.4) is 0 Å². The Kier molecular flexibility index (Phi) is 5.91. The molecule has 35 heavy (non-hydrogen) atoms. The van der Waals surface area contributed by atoms with Crippen LogP contribution in [0.15, 0.2) is 65.2 Å². The quantitative estimate of drug-likeness (QED) is 0.511. The maximum atomic E-state index is 13.3. The molecular weight excluding hydrogens is 462 g/mol. The van der Waals surface area contributed by atoms with Crippen molar-refractivity contribution < 1.29 is 14.3 Å². The fraction of sp³-hybridized carbons (Fsp3) is 0.385. The second-order valence-electron chi connectivity index (χ2n) is 9.50. The van der Waals surface area contributed by atoms with Crippen molar-refractivity contribution in [1.82, 2.24) is 16.0 Å². The van der Waals surface area contributed by atoms with Crippen molar-refractivity contribution in [2.24, 2.45) is 11.7 Å². The zero-order valence-electron chi connectivity index (χ0n) is 19.3. The molecule has 8 nitrogen and oxygen atoms in total. The summed E-state index contributed by atoms with van der Waals surface area (Å²) in [7, 11) is 0. The van der Waals surface area contributed by atoms with Crippen LogP contribution in [0.25, 0.3) is 0 Å². The van der Waals surface area contributed by atoms with E-state index in [1.807, 2.05) is 59.5 Å². The lowest BCUT2D eigenvalue weighted by molar-refractivity contribution is -0.117. The van der Waals surface area contributed by atoms with Crippen molar-refractivity contribution in [2.75, 3.05) is 11.4 Å². The number of hydrogen-bond donors (Lipinski definition) is 4. The second kappa shape index (κ2) is 9.22. The molecule has 1 saturated carbocycles. The van der Waals surface area contributed by atoms with E-state index in [1.165, 1.54) is 11.8 Å². The largest absolute Gasteiger partial charge is 0.457 e. The van der Waals surface area contributed by atoms with Crippen LogP contribution < -0.4 is 31.3 Å². The zero-order chi connectivity index (χ0) is 23.9. The Morgan fingerprint density at radius 1 is 1.06 bits per heavy atom. The summed E-state index contributed by atoms with van der Waals surface area (Å²) in [5.74, 6) is 1.36. The summed E-state index contributed by atoms with van der Waals surface area (Å²) in [6, 6.07) is 17.0. The van der Waals surface area contributed by atoms with Gasteiger partial charge in [-0.2, -0.15) is 0 Å². The Hall–Kier alpha value is -3.01. The summed E-state index contributed by atoms with van der Waals surface area (Å²) in [6.45, 7) is 0.785. The van der Waals surface area contributed by atoms with Gasteiger partial charge in [-0.1, -0.05) is 30.0 Å². The van der Waals surface area contributed by atoms with Crippen molar-refractivity contribution in [3.05, 3.63) is 65.2 Å². The predicted molar refractivity (Wildman–Crippen MR) is 136 cm³/mol.